The molecule has 0 aliphatic rings. The Kier molecular flexibility index (Phi) is 6.10. The molecule has 7 heteroatoms. The standard InChI is InChI=1S/C16H23N5O2/c1-3-17-11(2)10-19-14(22)8-9-18-16(23)15-12-6-4-5-7-13(12)20-21-15/h4-7,11,17H,3,8-10H2,1-2H3,(H,18,23)(H,19,22)(H,20,21)/t11-/m1/s1. The van der Waals surface area contributed by atoms with Crippen molar-refractivity contribution >= 4 is 22.7 Å². The van der Waals surface area contributed by atoms with Crippen LogP contribution in [-0.4, -0.2) is 47.7 Å². The summed E-state index contributed by atoms with van der Waals surface area (Å²) in [6, 6.07) is 7.66. The molecule has 2 rings (SSSR count). The van der Waals surface area contributed by atoms with Crippen molar-refractivity contribution < 1.29 is 9.59 Å². The lowest BCUT2D eigenvalue weighted by Crippen LogP contribution is -2.39. The zero-order valence-electron chi connectivity index (χ0n) is 13.5. The molecule has 0 radical (unpaired) electrons. The van der Waals surface area contributed by atoms with Gasteiger partial charge in [0.1, 0.15) is 0 Å². The van der Waals surface area contributed by atoms with Gasteiger partial charge in [-0.15, -0.1) is 0 Å². The van der Waals surface area contributed by atoms with Gasteiger partial charge in [-0.1, -0.05) is 25.1 Å². The van der Waals surface area contributed by atoms with Crippen LogP contribution in [0.15, 0.2) is 24.3 Å². The molecule has 0 bridgehead atoms. The summed E-state index contributed by atoms with van der Waals surface area (Å²) < 4.78 is 0. The van der Waals surface area contributed by atoms with Gasteiger partial charge in [-0.25, -0.2) is 0 Å². The number of amides is 2. The van der Waals surface area contributed by atoms with E-state index in [1.807, 2.05) is 38.1 Å². The average molecular weight is 317 g/mol. The largest absolute Gasteiger partial charge is 0.354 e. The first-order valence-electron chi connectivity index (χ1n) is 7.83. The number of hydrogen-bond donors (Lipinski definition) is 4. The highest BCUT2D eigenvalue weighted by Crippen LogP contribution is 2.14. The van der Waals surface area contributed by atoms with Gasteiger partial charge >= 0.3 is 0 Å². The van der Waals surface area contributed by atoms with Crippen LogP contribution >= 0.6 is 0 Å². The van der Waals surface area contributed by atoms with E-state index in [4.69, 9.17) is 0 Å². The Morgan fingerprint density at radius 2 is 2.04 bits per heavy atom. The molecule has 0 saturated carbocycles. The van der Waals surface area contributed by atoms with Crippen molar-refractivity contribution in [3.05, 3.63) is 30.0 Å². The maximum Gasteiger partial charge on any atom is 0.272 e. The lowest BCUT2D eigenvalue weighted by atomic mass is 10.2. The number of carbonyl (C=O) groups is 2. The normalized spacial score (nSPS) is 12.1. The molecular formula is C16H23N5O2. The van der Waals surface area contributed by atoms with Crippen LogP contribution in [0.25, 0.3) is 10.9 Å². The number of carbonyl (C=O) groups excluding carboxylic acids is 2. The molecule has 1 aromatic heterocycles. The second kappa shape index (κ2) is 8.28. The van der Waals surface area contributed by atoms with Crippen molar-refractivity contribution in [2.24, 2.45) is 0 Å². The van der Waals surface area contributed by atoms with Crippen molar-refractivity contribution in [2.75, 3.05) is 19.6 Å². The Hall–Kier alpha value is -2.41. The fraction of sp³-hybridized carbons (Fsp3) is 0.438. The summed E-state index contributed by atoms with van der Waals surface area (Å²) >= 11 is 0. The number of benzene rings is 1. The minimum absolute atomic E-state index is 0.0815. The number of aromatic nitrogens is 2. The quantitative estimate of drug-likeness (QED) is 0.578. The van der Waals surface area contributed by atoms with Crippen LogP contribution in [0.2, 0.25) is 0 Å². The number of aromatic amines is 1. The monoisotopic (exact) mass is 317 g/mol. The number of para-hydroxylation sites is 1. The van der Waals surface area contributed by atoms with E-state index in [2.05, 4.69) is 26.1 Å². The molecule has 1 heterocycles. The van der Waals surface area contributed by atoms with Crippen LogP contribution in [-0.2, 0) is 4.79 Å². The van der Waals surface area contributed by atoms with Gasteiger partial charge in [0.15, 0.2) is 5.69 Å². The van der Waals surface area contributed by atoms with E-state index < -0.39 is 0 Å². The van der Waals surface area contributed by atoms with E-state index in [9.17, 15) is 9.59 Å². The first-order chi connectivity index (χ1) is 11.1. The third-order valence-electron chi connectivity index (χ3n) is 3.48. The molecule has 1 aromatic carbocycles. The Morgan fingerprint density at radius 1 is 1.26 bits per heavy atom. The summed E-state index contributed by atoms with van der Waals surface area (Å²) in [4.78, 5) is 23.8. The van der Waals surface area contributed by atoms with Gasteiger partial charge in [-0.3, -0.25) is 14.7 Å². The molecule has 2 aromatic rings. The topological polar surface area (TPSA) is 98.9 Å². The summed E-state index contributed by atoms with van der Waals surface area (Å²) in [5.74, 6) is -0.363. The fourth-order valence-corrected chi connectivity index (χ4v) is 2.29. The minimum atomic E-state index is -0.281. The Balaban J connectivity index is 1.75. The summed E-state index contributed by atoms with van der Waals surface area (Å²) in [5, 5.41) is 16.4. The van der Waals surface area contributed by atoms with E-state index >= 15 is 0 Å². The maximum absolute atomic E-state index is 12.1. The zero-order valence-corrected chi connectivity index (χ0v) is 13.5. The van der Waals surface area contributed by atoms with E-state index in [1.54, 1.807) is 0 Å². The van der Waals surface area contributed by atoms with Gasteiger partial charge in [0, 0.05) is 30.9 Å². The van der Waals surface area contributed by atoms with E-state index in [0.29, 0.717) is 12.2 Å². The lowest BCUT2D eigenvalue weighted by Gasteiger charge is -2.13. The molecule has 0 spiro atoms. The number of fused-ring (bicyclic) bond motifs is 1. The fourth-order valence-electron chi connectivity index (χ4n) is 2.29. The van der Waals surface area contributed by atoms with Crippen LogP contribution in [0, 0.1) is 0 Å². The highest BCUT2D eigenvalue weighted by molar-refractivity contribution is 6.04. The second-order valence-corrected chi connectivity index (χ2v) is 5.39. The van der Waals surface area contributed by atoms with Crippen LogP contribution in [0.3, 0.4) is 0 Å². The van der Waals surface area contributed by atoms with Gasteiger partial charge in [0.25, 0.3) is 5.91 Å². The van der Waals surface area contributed by atoms with Gasteiger partial charge in [-0.2, -0.15) is 5.10 Å². The highest BCUT2D eigenvalue weighted by Gasteiger charge is 2.13. The van der Waals surface area contributed by atoms with E-state index in [0.717, 1.165) is 17.4 Å². The Bertz CT molecular complexity index is 667. The van der Waals surface area contributed by atoms with Gasteiger partial charge < -0.3 is 16.0 Å². The minimum Gasteiger partial charge on any atom is -0.354 e. The van der Waals surface area contributed by atoms with Crippen LogP contribution in [0.1, 0.15) is 30.8 Å². The molecule has 0 fully saturated rings. The number of rotatable bonds is 8. The summed E-state index contributed by atoms with van der Waals surface area (Å²) in [6.07, 6.45) is 0.243. The molecule has 23 heavy (non-hydrogen) atoms. The lowest BCUT2D eigenvalue weighted by molar-refractivity contribution is -0.121. The molecule has 0 aliphatic carbocycles. The van der Waals surface area contributed by atoms with Crippen LogP contribution in [0.4, 0.5) is 0 Å². The number of hydrogen-bond acceptors (Lipinski definition) is 4. The maximum atomic E-state index is 12.1. The van der Waals surface area contributed by atoms with Crippen LogP contribution in [0.5, 0.6) is 0 Å². The summed E-state index contributed by atoms with van der Waals surface area (Å²) in [6.45, 7) is 5.75. The number of nitrogens with one attached hydrogen (secondary N) is 4. The first kappa shape index (κ1) is 17.0. The van der Waals surface area contributed by atoms with E-state index in [1.165, 1.54) is 0 Å². The number of H-pyrrole nitrogens is 1. The summed E-state index contributed by atoms with van der Waals surface area (Å²) in [7, 11) is 0. The Labute approximate surface area is 135 Å². The molecule has 0 aliphatic heterocycles. The highest BCUT2D eigenvalue weighted by atomic mass is 16.2. The molecule has 4 N–H and O–H groups in total. The van der Waals surface area contributed by atoms with Gasteiger partial charge in [0.2, 0.25) is 5.91 Å². The van der Waals surface area contributed by atoms with Gasteiger partial charge in [-0.05, 0) is 19.5 Å². The van der Waals surface area contributed by atoms with Crippen molar-refractivity contribution in [1.82, 2.24) is 26.1 Å². The molecule has 1 atom stereocenters. The molecule has 0 saturated heterocycles. The molecule has 124 valence electrons. The smallest absolute Gasteiger partial charge is 0.272 e. The Morgan fingerprint density at radius 3 is 2.83 bits per heavy atom. The van der Waals surface area contributed by atoms with Crippen molar-refractivity contribution in [2.45, 2.75) is 26.3 Å². The SMILES string of the molecule is CCN[C@H](C)CNC(=O)CCNC(=O)c1n[nH]c2ccccc12. The number of likely N-dealkylation sites (N-methyl/N-ethyl adjacent to an activating group) is 1. The predicted octanol–water partition coefficient (Wildman–Crippen LogP) is 0.797. The predicted molar refractivity (Wildman–Crippen MR) is 89.2 cm³/mol. The third kappa shape index (κ3) is 4.79. The average Bonchev–Trinajstić information content (AvgIpc) is 2.97. The third-order valence-corrected chi connectivity index (χ3v) is 3.48. The summed E-state index contributed by atoms with van der Waals surface area (Å²) in [5.41, 5.74) is 1.16. The molecule has 7 nitrogen and oxygen atoms in total. The van der Waals surface area contributed by atoms with Crippen LogP contribution < -0.4 is 16.0 Å². The molecule has 0 unspecified atom stereocenters. The first-order valence-corrected chi connectivity index (χ1v) is 7.83. The van der Waals surface area contributed by atoms with Crippen molar-refractivity contribution in [3.63, 3.8) is 0 Å². The molecule has 2 amide bonds. The van der Waals surface area contributed by atoms with Crippen molar-refractivity contribution in [1.29, 1.82) is 0 Å². The number of nitrogens with zero attached hydrogens (tertiary/aromatic N) is 1. The molecular weight excluding hydrogens is 294 g/mol. The van der Waals surface area contributed by atoms with Gasteiger partial charge in [0.05, 0.1) is 5.52 Å². The second-order valence-electron chi connectivity index (χ2n) is 5.39. The van der Waals surface area contributed by atoms with Crippen molar-refractivity contribution in [3.8, 4) is 0 Å². The van der Waals surface area contributed by atoms with E-state index in [-0.39, 0.29) is 30.8 Å². The zero-order chi connectivity index (χ0) is 16.7.